The van der Waals surface area contributed by atoms with Gasteiger partial charge >= 0.3 is 0 Å². The number of carbonyl (C=O) groups excluding carboxylic acids is 1. The van der Waals surface area contributed by atoms with Crippen molar-refractivity contribution in [3.8, 4) is 11.3 Å². The Morgan fingerprint density at radius 3 is 2.88 bits per heavy atom. The maximum absolute atomic E-state index is 13.1. The van der Waals surface area contributed by atoms with E-state index in [2.05, 4.69) is 20.3 Å². The highest BCUT2D eigenvalue weighted by Crippen LogP contribution is 2.26. The quantitative estimate of drug-likeness (QED) is 0.797. The molecule has 0 aliphatic carbocycles. The third-order valence-corrected chi connectivity index (χ3v) is 4.63. The fourth-order valence-electron chi connectivity index (χ4n) is 3.35. The Labute approximate surface area is 145 Å². The number of aromatic amines is 1. The van der Waals surface area contributed by atoms with Gasteiger partial charge in [0.15, 0.2) is 0 Å². The van der Waals surface area contributed by atoms with Gasteiger partial charge in [-0.1, -0.05) is 0 Å². The van der Waals surface area contributed by atoms with Gasteiger partial charge in [0, 0.05) is 37.2 Å². The van der Waals surface area contributed by atoms with E-state index < -0.39 is 0 Å². The Bertz CT molecular complexity index is 869. The lowest BCUT2D eigenvalue weighted by Gasteiger charge is -2.32. The lowest BCUT2D eigenvalue weighted by Crippen LogP contribution is -2.40. The second-order valence-electron chi connectivity index (χ2n) is 6.44. The van der Waals surface area contributed by atoms with E-state index in [-0.39, 0.29) is 11.9 Å². The van der Waals surface area contributed by atoms with Gasteiger partial charge in [-0.05, 0) is 37.5 Å². The van der Waals surface area contributed by atoms with Crippen molar-refractivity contribution >= 4 is 5.91 Å². The van der Waals surface area contributed by atoms with E-state index in [1.165, 1.54) is 0 Å². The van der Waals surface area contributed by atoms with Crippen LogP contribution >= 0.6 is 0 Å². The predicted octanol–water partition coefficient (Wildman–Crippen LogP) is 2.45. The van der Waals surface area contributed by atoms with Crippen LogP contribution in [-0.2, 0) is 0 Å². The fraction of sp³-hybridized carbons (Fsp3) is 0.333. The minimum absolute atomic E-state index is 0.00846. The monoisotopic (exact) mass is 336 g/mol. The zero-order chi connectivity index (χ0) is 17.2. The van der Waals surface area contributed by atoms with Gasteiger partial charge in [-0.25, -0.2) is 0 Å². The van der Waals surface area contributed by atoms with E-state index in [1.54, 1.807) is 18.6 Å². The Hall–Kier alpha value is -2.96. The van der Waals surface area contributed by atoms with Gasteiger partial charge < -0.3 is 4.90 Å². The lowest BCUT2D eigenvalue weighted by atomic mass is 10.0. The second kappa shape index (κ2) is 6.51. The van der Waals surface area contributed by atoms with Crippen molar-refractivity contribution in [1.29, 1.82) is 0 Å². The van der Waals surface area contributed by atoms with Crippen LogP contribution in [0.1, 0.15) is 34.8 Å². The molecule has 1 aliphatic rings. The van der Waals surface area contributed by atoms with Crippen molar-refractivity contribution in [2.24, 2.45) is 0 Å². The molecule has 0 unspecified atom stereocenters. The zero-order valence-corrected chi connectivity index (χ0v) is 14.1. The summed E-state index contributed by atoms with van der Waals surface area (Å²) in [5, 5.41) is 11.4. The summed E-state index contributed by atoms with van der Waals surface area (Å²) >= 11 is 0. The van der Waals surface area contributed by atoms with Crippen LogP contribution in [-0.4, -0.2) is 48.9 Å². The van der Waals surface area contributed by atoms with Crippen LogP contribution in [0.5, 0.6) is 0 Å². The van der Waals surface area contributed by atoms with Crippen molar-refractivity contribution in [2.75, 3.05) is 13.1 Å². The van der Waals surface area contributed by atoms with E-state index in [0.717, 1.165) is 36.2 Å². The highest BCUT2D eigenvalue weighted by Gasteiger charge is 2.28. The first-order valence-corrected chi connectivity index (χ1v) is 8.46. The number of rotatable bonds is 3. The van der Waals surface area contributed by atoms with E-state index in [4.69, 9.17) is 0 Å². The predicted molar refractivity (Wildman–Crippen MR) is 93.0 cm³/mol. The summed E-state index contributed by atoms with van der Waals surface area (Å²) in [5.74, 6) is 0.00846. The molecule has 7 nitrogen and oxygen atoms in total. The molecule has 3 aromatic heterocycles. The maximum atomic E-state index is 13.1. The third kappa shape index (κ3) is 3.05. The molecule has 0 saturated carbocycles. The number of nitrogens with zero attached hydrogens (tertiary/aromatic N) is 5. The average Bonchev–Trinajstić information content (AvgIpc) is 3.31. The number of likely N-dealkylation sites (tertiary alicyclic amines) is 1. The molecule has 0 aromatic carbocycles. The summed E-state index contributed by atoms with van der Waals surface area (Å²) in [6, 6.07) is 3.97. The van der Waals surface area contributed by atoms with Gasteiger partial charge in [0.05, 0.1) is 29.7 Å². The van der Waals surface area contributed by atoms with Gasteiger partial charge in [-0.15, -0.1) is 0 Å². The number of hydrogen-bond donors (Lipinski definition) is 1. The number of hydrogen-bond acceptors (Lipinski definition) is 4. The van der Waals surface area contributed by atoms with Crippen molar-refractivity contribution in [3.05, 3.63) is 54.2 Å². The summed E-state index contributed by atoms with van der Waals surface area (Å²) in [4.78, 5) is 19.0. The number of aromatic nitrogens is 5. The Kier molecular flexibility index (Phi) is 4.05. The fourth-order valence-corrected chi connectivity index (χ4v) is 3.35. The zero-order valence-electron chi connectivity index (χ0n) is 14.1. The van der Waals surface area contributed by atoms with Crippen LogP contribution in [0.15, 0.2) is 43.1 Å². The molecule has 3 aromatic rings. The first-order chi connectivity index (χ1) is 12.2. The van der Waals surface area contributed by atoms with Gasteiger partial charge in [-0.3, -0.25) is 19.6 Å². The first kappa shape index (κ1) is 15.6. The summed E-state index contributed by atoms with van der Waals surface area (Å²) in [5.41, 5.74) is 3.39. The molecule has 1 aliphatic heterocycles. The van der Waals surface area contributed by atoms with Crippen molar-refractivity contribution < 1.29 is 4.79 Å². The maximum Gasteiger partial charge on any atom is 0.257 e. The standard InChI is InChI=1S/C18H20N6O/c1-13-9-21-24(11-13)15-3-2-8-23(12-15)18(25)16-10-20-22-17(16)14-4-6-19-7-5-14/h4-7,9-11,15H,2-3,8,12H2,1H3,(H,20,22)/t15-/m0/s1. The molecule has 7 heteroatoms. The number of aryl methyl sites for hydroxylation is 1. The number of amides is 1. The van der Waals surface area contributed by atoms with Crippen LogP contribution in [0.4, 0.5) is 0 Å². The number of carbonyl (C=O) groups is 1. The second-order valence-corrected chi connectivity index (χ2v) is 6.44. The molecule has 0 spiro atoms. The molecule has 1 saturated heterocycles. The summed E-state index contributed by atoms with van der Waals surface area (Å²) in [7, 11) is 0. The Balaban J connectivity index is 1.56. The molecule has 25 heavy (non-hydrogen) atoms. The van der Waals surface area contributed by atoms with Gasteiger partial charge in [-0.2, -0.15) is 10.2 Å². The molecule has 1 fully saturated rings. The molecular formula is C18H20N6O. The molecule has 1 amide bonds. The number of nitrogens with one attached hydrogen (secondary N) is 1. The van der Waals surface area contributed by atoms with E-state index in [0.29, 0.717) is 12.1 Å². The molecule has 4 heterocycles. The first-order valence-electron chi connectivity index (χ1n) is 8.46. The largest absolute Gasteiger partial charge is 0.336 e. The normalized spacial score (nSPS) is 17.6. The van der Waals surface area contributed by atoms with Crippen LogP contribution in [0.25, 0.3) is 11.3 Å². The van der Waals surface area contributed by atoms with E-state index >= 15 is 0 Å². The lowest BCUT2D eigenvalue weighted by molar-refractivity contribution is 0.0674. The average molecular weight is 336 g/mol. The molecule has 4 rings (SSSR count). The van der Waals surface area contributed by atoms with Crippen LogP contribution in [0.3, 0.4) is 0 Å². The molecular weight excluding hydrogens is 316 g/mol. The van der Waals surface area contributed by atoms with Crippen molar-refractivity contribution in [1.82, 2.24) is 29.9 Å². The van der Waals surface area contributed by atoms with Crippen molar-refractivity contribution in [3.63, 3.8) is 0 Å². The van der Waals surface area contributed by atoms with Gasteiger partial charge in [0.1, 0.15) is 0 Å². The molecule has 1 N–H and O–H groups in total. The van der Waals surface area contributed by atoms with Gasteiger partial charge in [0.25, 0.3) is 5.91 Å². The highest BCUT2D eigenvalue weighted by molar-refractivity contribution is 5.99. The number of piperidine rings is 1. The summed E-state index contributed by atoms with van der Waals surface area (Å²) < 4.78 is 1.98. The number of pyridine rings is 1. The van der Waals surface area contributed by atoms with Gasteiger partial charge in [0.2, 0.25) is 0 Å². The molecule has 128 valence electrons. The SMILES string of the molecule is Cc1cnn([C@H]2CCCN(C(=O)c3cn[nH]c3-c3ccncc3)C2)c1. The molecule has 0 radical (unpaired) electrons. The van der Waals surface area contributed by atoms with Crippen LogP contribution in [0, 0.1) is 6.92 Å². The summed E-state index contributed by atoms with van der Waals surface area (Å²) in [6.45, 7) is 3.46. The van der Waals surface area contributed by atoms with E-state index in [9.17, 15) is 4.79 Å². The van der Waals surface area contributed by atoms with Crippen LogP contribution < -0.4 is 0 Å². The van der Waals surface area contributed by atoms with Crippen molar-refractivity contribution in [2.45, 2.75) is 25.8 Å². The Morgan fingerprint density at radius 2 is 2.12 bits per heavy atom. The van der Waals surface area contributed by atoms with E-state index in [1.807, 2.05) is 41.0 Å². The third-order valence-electron chi connectivity index (χ3n) is 4.63. The minimum Gasteiger partial charge on any atom is -0.336 e. The smallest absolute Gasteiger partial charge is 0.257 e. The molecule has 1 atom stereocenters. The van der Waals surface area contributed by atoms with Crippen LogP contribution in [0.2, 0.25) is 0 Å². The minimum atomic E-state index is 0.00846. The number of H-pyrrole nitrogens is 1. The topological polar surface area (TPSA) is 79.7 Å². The molecule has 0 bridgehead atoms. The Morgan fingerprint density at radius 1 is 1.28 bits per heavy atom. The highest BCUT2D eigenvalue weighted by atomic mass is 16.2. The summed E-state index contributed by atoms with van der Waals surface area (Å²) in [6.07, 6.45) is 10.9.